The van der Waals surface area contributed by atoms with Crippen LogP contribution in [0.5, 0.6) is 0 Å². The highest BCUT2D eigenvalue weighted by Gasteiger charge is 2.44. The van der Waals surface area contributed by atoms with Crippen molar-refractivity contribution in [2.75, 3.05) is 98.2 Å². The van der Waals surface area contributed by atoms with E-state index >= 15 is 0 Å². The molecule has 6 N–H and O–H groups in total. The molecule has 1 saturated heterocycles. The molecule has 0 radical (unpaired) electrons. The quantitative estimate of drug-likeness (QED) is 0.0373. The van der Waals surface area contributed by atoms with Crippen LogP contribution in [0.15, 0.2) is 12.7 Å². The Morgan fingerprint density at radius 2 is 1.50 bits per heavy atom. The summed E-state index contributed by atoms with van der Waals surface area (Å²) >= 11 is 0. The molecule has 2 aromatic rings. The number of rotatable bonds is 26. The molecule has 19 heteroatoms. The molecule has 3 heterocycles. The summed E-state index contributed by atoms with van der Waals surface area (Å²) in [5.74, 6) is 0.508. The van der Waals surface area contributed by atoms with Crippen molar-refractivity contribution in [2.45, 2.75) is 37.4 Å². The van der Waals surface area contributed by atoms with Crippen molar-refractivity contribution >= 4 is 25.6 Å². The first-order valence-electron chi connectivity index (χ1n) is 14.4. The number of nitrogens with two attached hydrogens (primary N) is 1. The lowest BCUT2D eigenvalue weighted by Gasteiger charge is -2.16. The Balaban J connectivity index is 1.25. The van der Waals surface area contributed by atoms with Gasteiger partial charge in [-0.2, -0.15) is 4.67 Å². The molecule has 0 aliphatic carbocycles. The van der Waals surface area contributed by atoms with Gasteiger partial charge < -0.3 is 59.1 Å². The van der Waals surface area contributed by atoms with E-state index < -0.39 is 33.1 Å². The summed E-state index contributed by atoms with van der Waals surface area (Å²) in [5.41, 5.74) is 6.27. The SMILES string of the molecule is COOP(O)OCC1OC(n2cnc3c(NCCCOCCOCCOCCOCCOCCCN)ncnc32)C(O)C1O. The van der Waals surface area contributed by atoms with Crippen LogP contribution in [-0.4, -0.2) is 146 Å². The summed E-state index contributed by atoms with van der Waals surface area (Å²) in [7, 11) is -1.09. The van der Waals surface area contributed by atoms with E-state index in [9.17, 15) is 15.1 Å². The van der Waals surface area contributed by atoms with Gasteiger partial charge in [-0.1, -0.05) is 0 Å². The van der Waals surface area contributed by atoms with Crippen LogP contribution in [-0.2, 0) is 42.5 Å². The van der Waals surface area contributed by atoms with Gasteiger partial charge in [0.05, 0.1) is 72.9 Å². The number of hydrogen-bond donors (Lipinski definition) is 5. The smallest absolute Gasteiger partial charge is 0.360 e. The van der Waals surface area contributed by atoms with Crippen LogP contribution in [0.1, 0.15) is 19.1 Å². The highest BCUT2D eigenvalue weighted by Crippen LogP contribution is 2.37. The van der Waals surface area contributed by atoms with Crippen LogP contribution in [0.25, 0.3) is 11.2 Å². The van der Waals surface area contributed by atoms with Gasteiger partial charge in [-0.15, -0.1) is 0 Å². The maximum atomic E-state index is 10.6. The van der Waals surface area contributed by atoms with E-state index in [1.165, 1.54) is 24.3 Å². The average molecular weight is 653 g/mol. The highest BCUT2D eigenvalue weighted by molar-refractivity contribution is 7.40. The molecular weight excluding hydrogens is 607 g/mol. The third-order valence-electron chi connectivity index (χ3n) is 6.20. The molecule has 5 atom stereocenters. The number of aromatic nitrogens is 4. The number of nitrogens with one attached hydrogen (secondary N) is 1. The van der Waals surface area contributed by atoms with E-state index in [-0.39, 0.29) is 6.61 Å². The largest absolute Gasteiger partial charge is 0.387 e. The van der Waals surface area contributed by atoms with Gasteiger partial charge in [0.1, 0.15) is 24.6 Å². The van der Waals surface area contributed by atoms with E-state index in [4.69, 9.17) is 38.7 Å². The Morgan fingerprint density at radius 1 is 0.886 bits per heavy atom. The number of nitrogens with zero attached hydrogens (tertiary/aromatic N) is 4. The molecule has 2 aromatic heterocycles. The second kappa shape index (κ2) is 21.9. The van der Waals surface area contributed by atoms with Crippen LogP contribution in [0.3, 0.4) is 0 Å². The van der Waals surface area contributed by atoms with Crippen molar-refractivity contribution in [1.82, 2.24) is 19.5 Å². The Labute approximate surface area is 256 Å². The second-order valence-electron chi connectivity index (χ2n) is 9.35. The third kappa shape index (κ3) is 12.6. The highest BCUT2D eigenvalue weighted by atomic mass is 31.2. The minimum Gasteiger partial charge on any atom is -0.387 e. The van der Waals surface area contributed by atoms with Gasteiger partial charge in [-0.05, 0) is 19.4 Å². The first-order chi connectivity index (χ1) is 21.6. The molecule has 44 heavy (non-hydrogen) atoms. The summed E-state index contributed by atoms with van der Waals surface area (Å²) in [6.07, 6.45) is -0.112. The number of imidazole rings is 1. The fourth-order valence-electron chi connectivity index (χ4n) is 4.03. The Kier molecular flexibility index (Phi) is 18.3. The van der Waals surface area contributed by atoms with Crippen molar-refractivity contribution < 1.29 is 57.6 Å². The molecule has 5 unspecified atom stereocenters. The standard InChI is InChI=1S/C25H45N6O12P/c1-35-43-44(34)41-16-19-21(32)22(33)25(42-19)31-18-30-20-23(28-17-29-24(20)31)27-5-3-7-37-9-11-39-13-15-40-14-12-38-10-8-36-6-2-4-26/h17-19,21-22,25,32-34H,2-16,26H2,1H3,(H,27,28,29). The van der Waals surface area contributed by atoms with Gasteiger partial charge in [-0.25, -0.2) is 19.8 Å². The topological polar surface area (TPSA) is 225 Å². The Morgan fingerprint density at radius 3 is 2.11 bits per heavy atom. The molecular formula is C25H45N6O12P. The summed E-state index contributed by atoms with van der Waals surface area (Å²) in [6.45, 7) is 6.17. The molecule has 1 fully saturated rings. The number of fused-ring (bicyclic) bond motifs is 1. The fraction of sp³-hybridized carbons (Fsp3) is 0.800. The zero-order valence-corrected chi connectivity index (χ0v) is 25.8. The molecule has 18 nitrogen and oxygen atoms in total. The average Bonchev–Trinajstić information content (AvgIpc) is 3.58. The Hall–Kier alpha value is -1.74. The van der Waals surface area contributed by atoms with E-state index in [0.29, 0.717) is 103 Å². The van der Waals surface area contributed by atoms with Gasteiger partial charge in [0.2, 0.25) is 0 Å². The maximum absolute atomic E-state index is 10.6. The number of aliphatic hydroxyl groups is 2. The molecule has 1 aliphatic heterocycles. The number of aliphatic hydroxyl groups excluding tert-OH is 2. The molecule has 252 valence electrons. The summed E-state index contributed by atoms with van der Waals surface area (Å²) < 4.78 is 44.2. The predicted octanol–water partition coefficient (Wildman–Crippen LogP) is -0.507. The lowest BCUT2D eigenvalue weighted by Crippen LogP contribution is -2.33. The fourth-order valence-corrected chi connectivity index (χ4v) is 4.48. The van der Waals surface area contributed by atoms with E-state index in [0.717, 1.165) is 6.42 Å². The first-order valence-corrected chi connectivity index (χ1v) is 15.5. The lowest BCUT2D eigenvalue weighted by atomic mass is 10.1. The summed E-state index contributed by atoms with van der Waals surface area (Å²) in [6, 6.07) is 0. The molecule has 1 aliphatic rings. The molecule has 0 amide bonds. The second-order valence-corrected chi connectivity index (χ2v) is 10.2. The lowest BCUT2D eigenvalue weighted by molar-refractivity contribution is -0.189. The van der Waals surface area contributed by atoms with Gasteiger partial charge in [-0.3, -0.25) is 4.57 Å². The predicted molar refractivity (Wildman–Crippen MR) is 155 cm³/mol. The van der Waals surface area contributed by atoms with Crippen molar-refractivity contribution in [3.05, 3.63) is 12.7 Å². The number of ether oxygens (including phenoxy) is 6. The van der Waals surface area contributed by atoms with Gasteiger partial charge >= 0.3 is 8.60 Å². The maximum Gasteiger partial charge on any atom is 0.360 e. The van der Waals surface area contributed by atoms with Crippen molar-refractivity contribution in [3.8, 4) is 0 Å². The molecule has 0 saturated carbocycles. The Bertz CT molecular complexity index is 1030. The van der Waals surface area contributed by atoms with Crippen molar-refractivity contribution in [1.29, 1.82) is 0 Å². The molecule has 0 aromatic carbocycles. The molecule has 3 rings (SSSR count). The van der Waals surface area contributed by atoms with Crippen molar-refractivity contribution in [3.63, 3.8) is 0 Å². The van der Waals surface area contributed by atoms with Gasteiger partial charge in [0.25, 0.3) is 0 Å². The van der Waals surface area contributed by atoms with Crippen LogP contribution in [0, 0.1) is 0 Å². The minimum absolute atomic E-state index is 0.235. The monoisotopic (exact) mass is 652 g/mol. The summed E-state index contributed by atoms with van der Waals surface area (Å²) in [5, 5.41) is 24.2. The molecule has 0 spiro atoms. The zero-order valence-electron chi connectivity index (χ0n) is 24.9. The molecule has 0 bridgehead atoms. The van der Waals surface area contributed by atoms with Crippen LogP contribution in [0.4, 0.5) is 5.82 Å². The number of hydrogen-bond acceptors (Lipinski definition) is 17. The minimum atomic E-state index is -2.31. The first kappa shape index (κ1) is 36.7. The van der Waals surface area contributed by atoms with E-state index in [1.54, 1.807) is 0 Å². The summed E-state index contributed by atoms with van der Waals surface area (Å²) in [4.78, 5) is 26.8. The van der Waals surface area contributed by atoms with E-state index in [2.05, 4.69) is 29.8 Å². The van der Waals surface area contributed by atoms with Gasteiger partial charge in [0.15, 0.2) is 23.2 Å². The van der Waals surface area contributed by atoms with E-state index in [1.807, 2.05) is 0 Å². The zero-order chi connectivity index (χ0) is 31.4. The van der Waals surface area contributed by atoms with Gasteiger partial charge in [0, 0.05) is 19.8 Å². The third-order valence-corrected chi connectivity index (χ3v) is 6.84. The van der Waals surface area contributed by atoms with Crippen LogP contribution >= 0.6 is 8.60 Å². The van der Waals surface area contributed by atoms with Crippen LogP contribution in [0.2, 0.25) is 0 Å². The normalized spacial score (nSPS) is 20.9. The number of anilines is 1. The van der Waals surface area contributed by atoms with Crippen LogP contribution < -0.4 is 11.1 Å². The van der Waals surface area contributed by atoms with Crippen molar-refractivity contribution in [2.24, 2.45) is 5.73 Å².